The van der Waals surface area contributed by atoms with Crippen molar-refractivity contribution in [1.29, 1.82) is 0 Å². The summed E-state index contributed by atoms with van der Waals surface area (Å²) in [4.78, 5) is 34.6. The van der Waals surface area contributed by atoms with Crippen molar-refractivity contribution >= 4 is 28.6 Å². The maximum atomic E-state index is 13.3. The third-order valence-corrected chi connectivity index (χ3v) is 5.88. The van der Waals surface area contributed by atoms with Crippen LogP contribution in [-0.2, 0) is 7.05 Å². The Labute approximate surface area is 201 Å². The molecule has 0 fully saturated rings. The number of carbonyl (C=O) groups is 1. The lowest BCUT2D eigenvalue weighted by Crippen LogP contribution is -2.19. The first-order valence-electron chi connectivity index (χ1n) is 11.1. The van der Waals surface area contributed by atoms with Gasteiger partial charge in [-0.2, -0.15) is 0 Å². The van der Waals surface area contributed by atoms with Gasteiger partial charge < -0.3 is 4.74 Å². The Hall–Kier alpha value is -4.78. The highest BCUT2D eigenvalue weighted by atomic mass is 16.5. The zero-order chi connectivity index (χ0) is 24.4. The van der Waals surface area contributed by atoms with Crippen molar-refractivity contribution in [1.82, 2.24) is 14.3 Å². The number of carbonyl (C=O) groups excluding carboxylic acids is 1. The number of aliphatic imine (C=N–C) groups is 1. The summed E-state index contributed by atoms with van der Waals surface area (Å²) in [7, 11) is 1.82. The van der Waals surface area contributed by atoms with Crippen LogP contribution in [0.25, 0.3) is 16.5 Å². The van der Waals surface area contributed by atoms with Crippen LogP contribution in [0.3, 0.4) is 0 Å². The Morgan fingerprint density at radius 3 is 2.51 bits per heavy atom. The summed E-state index contributed by atoms with van der Waals surface area (Å²) in [6, 6.07) is 24.1. The Bertz CT molecular complexity index is 1620. The molecule has 35 heavy (non-hydrogen) atoms. The van der Waals surface area contributed by atoms with E-state index in [4.69, 9.17) is 4.74 Å². The van der Waals surface area contributed by atoms with Gasteiger partial charge in [-0.3, -0.25) is 14.5 Å². The van der Waals surface area contributed by atoms with Crippen LogP contribution >= 0.6 is 0 Å². The highest BCUT2D eigenvalue weighted by molar-refractivity contribution is 6.04. The molecular formula is C28H22N4O3. The van der Waals surface area contributed by atoms with Gasteiger partial charge in [0.15, 0.2) is 5.69 Å². The number of hydrogen-bond acceptors (Lipinski definition) is 5. The quantitative estimate of drug-likeness (QED) is 0.209. The van der Waals surface area contributed by atoms with E-state index in [2.05, 4.69) is 9.98 Å². The highest BCUT2D eigenvalue weighted by Gasteiger charge is 2.17. The van der Waals surface area contributed by atoms with Gasteiger partial charge in [-0.25, -0.2) is 14.5 Å². The van der Waals surface area contributed by atoms with Gasteiger partial charge in [0.25, 0.3) is 5.56 Å². The first-order valence-corrected chi connectivity index (χ1v) is 11.1. The number of pyridine rings is 1. The van der Waals surface area contributed by atoms with E-state index in [-0.39, 0.29) is 5.56 Å². The lowest BCUT2D eigenvalue weighted by molar-refractivity contribution is 0.0734. The van der Waals surface area contributed by atoms with Gasteiger partial charge in [0.1, 0.15) is 5.75 Å². The lowest BCUT2D eigenvalue weighted by atomic mass is 10.0. The van der Waals surface area contributed by atoms with E-state index < -0.39 is 5.97 Å². The summed E-state index contributed by atoms with van der Waals surface area (Å²) in [5.74, 6) is -0.177. The average Bonchev–Trinajstić information content (AvgIpc) is 3.11. The Kier molecular flexibility index (Phi) is 5.81. The van der Waals surface area contributed by atoms with E-state index in [1.807, 2.05) is 74.6 Å². The second-order valence-corrected chi connectivity index (χ2v) is 8.00. The van der Waals surface area contributed by atoms with Crippen LogP contribution in [0.5, 0.6) is 5.75 Å². The van der Waals surface area contributed by atoms with Crippen LogP contribution in [0.2, 0.25) is 0 Å². The van der Waals surface area contributed by atoms with Crippen molar-refractivity contribution in [3.63, 3.8) is 0 Å². The van der Waals surface area contributed by atoms with E-state index in [1.54, 1.807) is 40.0 Å². The normalized spacial score (nSPS) is 11.3. The SMILES string of the molecule is Cc1c(N=Cc2c(OC(=O)c3cccnc3)ccc3ccccc23)c(=O)n(-c2ccccc2)n1C. The van der Waals surface area contributed by atoms with E-state index in [0.717, 1.165) is 16.5 Å². The van der Waals surface area contributed by atoms with Gasteiger partial charge in [0.2, 0.25) is 0 Å². The summed E-state index contributed by atoms with van der Waals surface area (Å²) < 4.78 is 9.08. The molecule has 5 rings (SSSR count). The summed E-state index contributed by atoms with van der Waals surface area (Å²) in [6.07, 6.45) is 4.64. The molecule has 7 nitrogen and oxygen atoms in total. The molecule has 0 unspecified atom stereocenters. The fourth-order valence-corrected chi connectivity index (χ4v) is 3.97. The number of para-hydroxylation sites is 1. The minimum absolute atomic E-state index is 0.235. The summed E-state index contributed by atoms with van der Waals surface area (Å²) in [6.45, 7) is 1.85. The minimum Gasteiger partial charge on any atom is -0.422 e. The van der Waals surface area contributed by atoms with Crippen molar-refractivity contribution in [3.05, 3.63) is 118 Å². The number of fused-ring (bicyclic) bond motifs is 1. The maximum absolute atomic E-state index is 13.3. The summed E-state index contributed by atoms with van der Waals surface area (Å²) >= 11 is 0. The predicted octanol–water partition coefficient (Wildman–Crippen LogP) is 5.00. The van der Waals surface area contributed by atoms with Crippen LogP contribution in [0.4, 0.5) is 5.69 Å². The number of aromatic nitrogens is 3. The highest BCUT2D eigenvalue weighted by Crippen LogP contribution is 2.28. The molecule has 0 N–H and O–H groups in total. The fraction of sp³-hybridized carbons (Fsp3) is 0.0714. The Morgan fingerprint density at radius 2 is 1.74 bits per heavy atom. The van der Waals surface area contributed by atoms with Crippen molar-refractivity contribution in [2.75, 3.05) is 0 Å². The third kappa shape index (κ3) is 4.15. The monoisotopic (exact) mass is 462 g/mol. The van der Waals surface area contributed by atoms with E-state index in [9.17, 15) is 9.59 Å². The molecule has 0 aliphatic carbocycles. The molecule has 0 saturated heterocycles. The number of hydrogen-bond donors (Lipinski definition) is 0. The molecule has 172 valence electrons. The molecule has 0 saturated carbocycles. The number of esters is 1. The predicted molar refractivity (Wildman–Crippen MR) is 136 cm³/mol. The van der Waals surface area contributed by atoms with Crippen LogP contribution in [0.15, 0.2) is 101 Å². The maximum Gasteiger partial charge on any atom is 0.345 e. The second-order valence-electron chi connectivity index (χ2n) is 8.00. The average molecular weight is 463 g/mol. The molecular weight excluding hydrogens is 440 g/mol. The molecule has 0 bridgehead atoms. The molecule has 2 heterocycles. The smallest absolute Gasteiger partial charge is 0.345 e. The van der Waals surface area contributed by atoms with Crippen molar-refractivity contribution in [2.24, 2.45) is 12.0 Å². The van der Waals surface area contributed by atoms with Gasteiger partial charge in [-0.05, 0) is 48.0 Å². The fourth-order valence-electron chi connectivity index (χ4n) is 3.97. The van der Waals surface area contributed by atoms with Crippen molar-refractivity contribution < 1.29 is 9.53 Å². The molecule has 2 aromatic heterocycles. The standard InChI is InChI=1S/C28H22N4O3/c1-19-26(27(33)32(31(19)2)22-11-4-3-5-12-22)30-18-24-23-13-7-6-9-20(23)14-15-25(24)35-28(34)21-10-8-16-29-17-21/h3-18H,1-2H3. The van der Waals surface area contributed by atoms with Gasteiger partial charge >= 0.3 is 5.97 Å². The van der Waals surface area contributed by atoms with Gasteiger partial charge in [0, 0.05) is 31.2 Å². The van der Waals surface area contributed by atoms with Crippen molar-refractivity contribution in [3.8, 4) is 11.4 Å². The Morgan fingerprint density at radius 1 is 0.971 bits per heavy atom. The van der Waals surface area contributed by atoms with Gasteiger partial charge in [0.05, 0.1) is 16.9 Å². The molecule has 0 spiro atoms. The largest absolute Gasteiger partial charge is 0.422 e. The summed E-state index contributed by atoms with van der Waals surface area (Å²) in [5.41, 5.74) is 2.49. The van der Waals surface area contributed by atoms with E-state index >= 15 is 0 Å². The molecule has 3 aromatic carbocycles. The zero-order valence-electron chi connectivity index (χ0n) is 19.3. The van der Waals surface area contributed by atoms with E-state index in [1.165, 1.54) is 6.20 Å². The molecule has 0 radical (unpaired) electrons. The second kappa shape index (κ2) is 9.23. The molecule has 7 heteroatoms. The van der Waals surface area contributed by atoms with Crippen LogP contribution in [-0.4, -0.2) is 26.5 Å². The lowest BCUT2D eigenvalue weighted by Gasteiger charge is -2.10. The first-order chi connectivity index (χ1) is 17.0. The van der Waals surface area contributed by atoms with Gasteiger partial charge in [-0.1, -0.05) is 48.5 Å². The number of nitrogens with zero attached hydrogens (tertiary/aromatic N) is 4. The Balaban J connectivity index is 1.60. The number of ether oxygens (including phenoxy) is 1. The van der Waals surface area contributed by atoms with Crippen LogP contribution in [0, 0.1) is 6.92 Å². The van der Waals surface area contributed by atoms with E-state index in [0.29, 0.717) is 28.3 Å². The summed E-state index contributed by atoms with van der Waals surface area (Å²) in [5, 5.41) is 1.81. The molecule has 0 amide bonds. The molecule has 0 atom stereocenters. The first kappa shape index (κ1) is 22.0. The number of rotatable bonds is 5. The third-order valence-electron chi connectivity index (χ3n) is 5.88. The molecule has 0 aliphatic rings. The van der Waals surface area contributed by atoms with Crippen molar-refractivity contribution in [2.45, 2.75) is 6.92 Å². The topological polar surface area (TPSA) is 78.5 Å². The van der Waals surface area contributed by atoms with Gasteiger partial charge in [-0.15, -0.1) is 0 Å². The molecule has 5 aromatic rings. The number of benzene rings is 3. The van der Waals surface area contributed by atoms with Crippen LogP contribution in [0.1, 0.15) is 21.6 Å². The minimum atomic E-state index is -0.523. The zero-order valence-corrected chi connectivity index (χ0v) is 19.3. The van der Waals surface area contributed by atoms with Crippen LogP contribution < -0.4 is 10.3 Å². The molecule has 0 aliphatic heterocycles.